The number of carbonyl (C=O) groups excluding carboxylic acids is 6. The van der Waals surface area contributed by atoms with E-state index in [0.717, 1.165) is 0 Å². The minimum absolute atomic E-state index is 0.0362. The van der Waals surface area contributed by atoms with Gasteiger partial charge in [0.25, 0.3) is 0 Å². The Hall–Kier alpha value is -7.87. The molecule has 0 saturated heterocycles. The lowest BCUT2D eigenvalue weighted by Crippen LogP contribution is -2.53. The summed E-state index contributed by atoms with van der Waals surface area (Å²) in [5, 5.41) is 45.6. The number of carbonyl (C=O) groups is 9. The third-order valence-electron chi connectivity index (χ3n) is 11.3. The van der Waals surface area contributed by atoms with E-state index in [1.807, 2.05) is 0 Å². The molecular formula is C57H81N7O18. The summed E-state index contributed by atoms with van der Waals surface area (Å²) >= 11 is 0. The van der Waals surface area contributed by atoms with E-state index in [9.17, 15) is 58.5 Å². The van der Waals surface area contributed by atoms with Crippen LogP contribution in [-0.4, -0.2) is 167 Å². The van der Waals surface area contributed by atoms with Gasteiger partial charge >= 0.3 is 36.2 Å². The third kappa shape index (κ3) is 29.0. The van der Waals surface area contributed by atoms with Crippen molar-refractivity contribution in [2.45, 2.75) is 155 Å². The molecule has 0 heterocycles. The maximum absolute atomic E-state index is 13.9. The molecule has 0 spiro atoms. The maximum Gasteiger partial charge on any atom is 0.408 e. The Morgan fingerprint density at radius 2 is 0.634 bits per heavy atom. The fourth-order valence-electron chi connectivity index (χ4n) is 7.65. The van der Waals surface area contributed by atoms with Gasteiger partial charge in [-0.3, -0.25) is 19.3 Å². The molecule has 452 valence electrons. The van der Waals surface area contributed by atoms with E-state index < -0.39 is 126 Å². The van der Waals surface area contributed by atoms with Crippen LogP contribution in [0, 0.1) is 0 Å². The zero-order chi connectivity index (χ0) is 61.0. The zero-order valence-corrected chi connectivity index (χ0v) is 48.0. The molecule has 0 aromatic heterocycles. The number of ether oxygens (including phenoxy) is 6. The van der Waals surface area contributed by atoms with Crippen molar-refractivity contribution in [3.8, 4) is 0 Å². The molecule has 3 aromatic rings. The Balaban J connectivity index is 1.89. The quantitative estimate of drug-likeness (QED) is 0.0379. The van der Waals surface area contributed by atoms with E-state index in [1.165, 1.54) is 0 Å². The van der Waals surface area contributed by atoms with Crippen LogP contribution >= 0.6 is 0 Å². The van der Waals surface area contributed by atoms with Crippen molar-refractivity contribution >= 4 is 53.9 Å². The van der Waals surface area contributed by atoms with Crippen LogP contribution in [0.4, 0.5) is 14.4 Å². The predicted molar refractivity (Wildman–Crippen MR) is 297 cm³/mol. The highest BCUT2D eigenvalue weighted by molar-refractivity contribution is 5.88. The predicted octanol–water partition coefficient (Wildman–Crippen LogP) is 4.50. The molecular weight excluding hydrogens is 1070 g/mol. The lowest BCUT2D eigenvalue weighted by molar-refractivity contribution is -0.162. The largest absolute Gasteiger partial charge is 0.479 e. The van der Waals surface area contributed by atoms with Crippen LogP contribution in [0.15, 0.2) is 91.0 Å². The molecule has 25 nitrogen and oxygen atoms in total. The van der Waals surface area contributed by atoms with Crippen LogP contribution < -0.4 is 31.9 Å². The Morgan fingerprint density at radius 3 is 0.841 bits per heavy atom. The molecule has 0 radical (unpaired) electrons. The highest BCUT2D eigenvalue weighted by Gasteiger charge is 2.36. The summed E-state index contributed by atoms with van der Waals surface area (Å²) in [6.07, 6.45) is -9.29. The van der Waals surface area contributed by atoms with Crippen molar-refractivity contribution in [2.24, 2.45) is 0 Å². The molecule has 3 unspecified atom stereocenters. The molecule has 0 bridgehead atoms. The van der Waals surface area contributed by atoms with Gasteiger partial charge in [-0.25, -0.2) is 28.8 Å². The topological polar surface area (TPSA) is 345 Å². The van der Waals surface area contributed by atoms with E-state index in [1.54, 1.807) is 158 Å². The molecule has 25 heteroatoms. The number of aliphatic carboxylic acids is 3. The summed E-state index contributed by atoms with van der Waals surface area (Å²) in [7, 11) is 0. The zero-order valence-electron chi connectivity index (χ0n) is 48.0. The van der Waals surface area contributed by atoms with Crippen LogP contribution in [0.1, 0.15) is 98.3 Å². The molecule has 6 amide bonds. The van der Waals surface area contributed by atoms with Crippen LogP contribution in [0.25, 0.3) is 0 Å². The summed E-state index contributed by atoms with van der Waals surface area (Å²) in [6, 6.07) is 21.5. The normalized spacial score (nSPS) is 13.8. The Labute approximate surface area is 477 Å². The Kier molecular flexibility index (Phi) is 28.2. The second-order valence-corrected chi connectivity index (χ2v) is 21.9. The maximum atomic E-state index is 13.9. The first-order valence-electron chi connectivity index (χ1n) is 26.7. The molecule has 0 aliphatic carbocycles. The van der Waals surface area contributed by atoms with Gasteiger partial charge in [0.15, 0.2) is 18.3 Å². The molecule has 0 saturated carbocycles. The molecule has 0 fully saturated rings. The average Bonchev–Trinajstić information content (AvgIpc) is 3.43. The van der Waals surface area contributed by atoms with Gasteiger partial charge in [0.2, 0.25) is 17.7 Å². The summed E-state index contributed by atoms with van der Waals surface area (Å²) in [5.41, 5.74) is -0.977. The SMILES string of the molecule is CC(C)(C)OC(C[C@H](NC(=O)OCc1ccccc1)C(=O)NCCN(CCNC(=O)[C@H](CC(OC(C)(C)C)C(=O)O)NC(=O)OCc1ccccc1)CCNC(=O)[C@H](CC(OC(C)(C)C)C(=O)O)NC(=O)OCc1ccccc1)C(=O)O. The second kappa shape index (κ2) is 33.8. The number of carboxylic acid groups (broad SMARTS) is 3. The van der Waals surface area contributed by atoms with Crippen LogP contribution in [-0.2, 0) is 77.0 Å². The first-order valence-corrected chi connectivity index (χ1v) is 26.7. The number of alkyl carbamates (subject to hydrolysis) is 3. The van der Waals surface area contributed by atoms with Crippen LogP contribution in [0.2, 0.25) is 0 Å². The van der Waals surface area contributed by atoms with E-state index in [0.29, 0.717) is 16.7 Å². The summed E-state index contributed by atoms with van der Waals surface area (Å²) in [4.78, 5) is 120. The number of carboxylic acids is 3. The van der Waals surface area contributed by atoms with E-state index in [4.69, 9.17) is 28.4 Å². The van der Waals surface area contributed by atoms with Crippen molar-refractivity contribution in [1.82, 2.24) is 36.8 Å². The van der Waals surface area contributed by atoms with E-state index in [-0.39, 0.29) is 59.1 Å². The van der Waals surface area contributed by atoms with Gasteiger partial charge in [-0.1, -0.05) is 91.0 Å². The number of rotatable bonds is 33. The van der Waals surface area contributed by atoms with Gasteiger partial charge in [-0.15, -0.1) is 0 Å². The molecule has 3 rings (SSSR count). The van der Waals surface area contributed by atoms with Gasteiger partial charge in [-0.2, -0.15) is 0 Å². The number of benzene rings is 3. The minimum Gasteiger partial charge on any atom is -0.479 e. The second-order valence-electron chi connectivity index (χ2n) is 21.9. The van der Waals surface area contributed by atoms with E-state index >= 15 is 0 Å². The molecule has 6 atom stereocenters. The van der Waals surface area contributed by atoms with Gasteiger partial charge in [0, 0.05) is 58.5 Å². The van der Waals surface area contributed by atoms with E-state index in [2.05, 4.69) is 31.9 Å². The fraction of sp³-hybridized carbons (Fsp3) is 0.526. The van der Waals surface area contributed by atoms with Gasteiger partial charge < -0.3 is 75.6 Å². The van der Waals surface area contributed by atoms with Crippen molar-refractivity contribution in [2.75, 3.05) is 39.3 Å². The lowest BCUT2D eigenvalue weighted by Gasteiger charge is -2.29. The summed E-state index contributed by atoms with van der Waals surface area (Å²) in [6.45, 7) is 13.5. The standard InChI is InChI=1S/C57H81N7O18/c1-55(2,3)80-43(49(68)69)31-40(61-52(74)77-34-37-19-13-10-14-20-37)46(65)58-25-28-64(29-26-59-47(66)41(32-44(50(70)71)81-56(4,5)6)62-53(75)78-35-38-21-15-11-16-22-38)30-27-60-48(67)42(33-45(51(72)73)82-57(7,8)9)63-54(76)79-36-39-23-17-12-18-24-39/h10-24,40-45H,25-36H2,1-9H3,(H,58,65)(H,59,66)(H,60,67)(H,61,74)(H,62,75)(H,63,76)(H,68,69)(H,70,71)(H,72,73)/t40-,41-,42-,43?,44?,45?/m0/s1. The Morgan fingerprint density at radius 1 is 0.402 bits per heavy atom. The summed E-state index contributed by atoms with van der Waals surface area (Å²) in [5.74, 6) is -6.65. The number of hydrogen-bond donors (Lipinski definition) is 9. The highest BCUT2D eigenvalue weighted by Crippen LogP contribution is 2.19. The van der Waals surface area contributed by atoms with Crippen molar-refractivity contribution in [3.05, 3.63) is 108 Å². The van der Waals surface area contributed by atoms with Crippen molar-refractivity contribution in [3.63, 3.8) is 0 Å². The lowest BCUT2D eigenvalue weighted by atomic mass is 10.1. The molecule has 3 aromatic carbocycles. The van der Waals surface area contributed by atoms with Gasteiger partial charge in [0.1, 0.15) is 37.9 Å². The monoisotopic (exact) mass is 1150 g/mol. The molecule has 9 N–H and O–H groups in total. The Bertz CT molecular complexity index is 2250. The average molecular weight is 1150 g/mol. The van der Waals surface area contributed by atoms with Crippen molar-refractivity contribution < 1.29 is 86.9 Å². The highest BCUT2D eigenvalue weighted by atomic mass is 16.6. The molecule has 0 aliphatic heterocycles. The number of hydrogen-bond acceptors (Lipinski definition) is 16. The van der Waals surface area contributed by atoms with Crippen molar-refractivity contribution in [1.29, 1.82) is 0 Å². The smallest absolute Gasteiger partial charge is 0.408 e. The number of nitrogens with zero attached hydrogens (tertiary/aromatic N) is 1. The third-order valence-corrected chi connectivity index (χ3v) is 11.3. The molecule has 82 heavy (non-hydrogen) atoms. The molecule has 0 aliphatic rings. The number of amides is 6. The van der Waals surface area contributed by atoms with Gasteiger partial charge in [-0.05, 0) is 79.0 Å². The first-order chi connectivity index (χ1) is 38.5. The first kappa shape index (κ1) is 68.4. The fourth-order valence-corrected chi connectivity index (χ4v) is 7.65. The van der Waals surface area contributed by atoms with Gasteiger partial charge in [0.05, 0.1) is 16.8 Å². The van der Waals surface area contributed by atoms with Crippen LogP contribution in [0.5, 0.6) is 0 Å². The minimum atomic E-state index is -1.56. The number of nitrogens with one attached hydrogen (secondary N) is 6. The van der Waals surface area contributed by atoms with Crippen LogP contribution in [0.3, 0.4) is 0 Å². The summed E-state index contributed by atoms with van der Waals surface area (Å²) < 4.78 is 33.2.